The van der Waals surface area contributed by atoms with Crippen LogP contribution in [0.2, 0.25) is 0 Å². The SMILES string of the molecule is CCCNc1ncnc(OCc2cccs2)c1C(C)C. The summed E-state index contributed by atoms with van der Waals surface area (Å²) in [5.74, 6) is 1.88. The lowest BCUT2D eigenvalue weighted by Gasteiger charge is -2.16. The first-order chi connectivity index (χ1) is 9.72. The zero-order valence-electron chi connectivity index (χ0n) is 12.2. The quantitative estimate of drug-likeness (QED) is 0.835. The number of aromatic nitrogens is 2. The molecule has 0 saturated carbocycles. The molecule has 0 aromatic carbocycles. The molecule has 0 aliphatic carbocycles. The van der Waals surface area contributed by atoms with Crippen LogP contribution in [-0.2, 0) is 6.61 Å². The van der Waals surface area contributed by atoms with Crippen molar-refractivity contribution in [2.24, 2.45) is 0 Å². The molecule has 2 rings (SSSR count). The summed E-state index contributed by atoms with van der Waals surface area (Å²) in [6.07, 6.45) is 2.63. The van der Waals surface area contributed by atoms with Gasteiger partial charge in [0.1, 0.15) is 18.8 Å². The highest BCUT2D eigenvalue weighted by molar-refractivity contribution is 7.09. The van der Waals surface area contributed by atoms with Crippen LogP contribution in [0.15, 0.2) is 23.8 Å². The molecule has 108 valence electrons. The van der Waals surface area contributed by atoms with Crippen LogP contribution in [0.1, 0.15) is 43.6 Å². The molecule has 2 aromatic heterocycles. The van der Waals surface area contributed by atoms with Gasteiger partial charge in [-0.2, -0.15) is 0 Å². The van der Waals surface area contributed by atoms with Crippen molar-refractivity contribution in [1.82, 2.24) is 9.97 Å². The summed E-state index contributed by atoms with van der Waals surface area (Å²) >= 11 is 1.69. The third-order valence-electron chi connectivity index (χ3n) is 2.90. The second-order valence-corrected chi connectivity index (χ2v) is 5.92. The average molecular weight is 291 g/mol. The van der Waals surface area contributed by atoms with Crippen LogP contribution in [0.4, 0.5) is 5.82 Å². The van der Waals surface area contributed by atoms with E-state index in [2.05, 4.69) is 47.5 Å². The molecule has 20 heavy (non-hydrogen) atoms. The third kappa shape index (κ3) is 3.70. The Labute approximate surface area is 124 Å². The molecule has 0 aliphatic heterocycles. The summed E-state index contributed by atoms with van der Waals surface area (Å²) in [5.41, 5.74) is 1.05. The smallest absolute Gasteiger partial charge is 0.222 e. The highest BCUT2D eigenvalue weighted by Crippen LogP contribution is 2.30. The summed E-state index contributed by atoms with van der Waals surface area (Å²) < 4.78 is 5.88. The topological polar surface area (TPSA) is 47.0 Å². The van der Waals surface area contributed by atoms with Crippen molar-refractivity contribution in [3.63, 3.8) is 0 Å². The molecule has 0 amide bonds. The summed E-state index contributed by atoms with van der Waals surface area (Å²) in [6, 6.07) is 4.10. The van der Waals surface area contributed by atoms with E-state index < -0.39 is 0 Å². The van der Waals surface area contributed by atoms with Crippen LogP contribution in [0.3, 0.4) is 0 Å². The van der Waals surface area contributed by atoms with Crippen molar-refractivity contribution in [1.29, 1.82) is 0 Å². The molecule has 0 spiro atoms. The Hall–Kier alpha value is -1.62. The molecule has 0 unspecified atom stereocenters. The van der Waals surface area contributed by atoms with Crippen molar-refractivity contribution in [3.05, 3.63) is 34.3 Å². The normalized spacial score (nSPS) is 10.8. The molecule has 1 N–H and O–H groups in total. The monoisotopic (exact) mass is 291 g/mol. The zero-order valence-corrected chi connectivity index (χ0v) is 13.0. The van der Waals surface area contributed by atoms with Gasteiger partial charge in [-0.25, -0.2) is 9.97 Å². The maximum Gasteiger partial charge on any atom is 0.222 e. The van der Waals surface area contributed by atoms with Gasteiger partial charge >= 0.3 is 0 Å². The van der Waals surface area contributed by atoms with Crippen molar-refractivity contribution < 1.29 is 4.74 Å². The first-order valence-corrected chi connectivity index (χ1v) is 7.84. The average Bonchev–Trinajstić information content (AvgIpc) is 2.95. The molecule has 0 atom stereocenters. The second kappa shape index (κ2) is 7.24. The Morgan fingerprint density at radius 2 is 2.20 bits per heavy atom. The van der Waals surface area contributed by atoms with Crippen LogP contribution in [0.25, 0.3) is 0 Å². The van der Waals surface area contributed by atoms with E-state index in [1.807, 2.05) is 6.07 Å². The minimum atomic E-state index is 0.314. The Morgan fingerprint density at radius 1 is 1.35 bits per heavy atom. The molecule has 2 heterocycles. The lowest BCUT2D eigenvalue weighted by molar-refractivity contribution is 0.292. The third-order valence-corrected chi connectivity index (χ3v) is 3.75. The Morgan fingerprint density at radius 3 is 2.85 bits per heavy atom. The number of hydrogen-bond acceptors (Lipinski definition) is 5. The fourth-order valence-electron chi connectivity index (χ4n) is 1.93. The summed E-state index contributed by atoms with van der Waals surface area (Å²) in [7, 11) is 0. The van der Waals surface area contributed by atoms with E-state index in [-0.39, 0.29) is 0 Å². The molecule has 0 fully saturated rings. The largest absolute Gasteiger partial charge is 0.472 e. The summed E-state index contributed by atoms with van der Waals surface area (Å²) in [5, 5.41) is 5.40. The van der Waals surface area contributed by atoms with Crippen LogP contribution < -0.4 is 10.1 Å². The Kier molecular flexibility index (Phi) is 5.35. The molecule has 2 aromatic rings. The zero-order chi connectivity index (χ0) is 14.4. The van der Waals surface area contributed by atoms with E-state index in [1.165, 1.54) is 4.88 Å². The van der Waals surface area contributed by atoms with Crippen molar-refractivity contribution in [2.75, 3.05) is 11.9 Å². The number of hydrogen-bond donors (Lipinski definition) is 1. The van der Waals surface area contributed by atoms with Crippen LogP contribution >= 0.6 is 11.3 Å². The first kappa shape index (κ1) is 14.8. The van der Waals surface area contributed by atoms with Crippen LogP contribution in [0, 0.1) is 0 Å². The van der Waals surface area contributed by atoms with E-state index in [0.717, 1.165) is 24.3 Å². The van der Waals surface area contributed by atoms with E-state index in [0.29, 0.717) is 18.4 Å². The highest BCUT2D eigenvalue weighted by atomic mass is 32.1. The molecule has 0 bridgehead atoms. The number of rotatable bonds is 7. The van der Waals surface area contributed by atoms with Gasteiger partial charge in [-0.05, 0) is 23.8 Å². The van der Waals surface area contributed by atoms with Crippen molar-refractivity contribution in [2.45, 2.75) is 39.7 Å². The Bertz CT molecular complexity index is 526. The predicted molar refractivity (Wildman–Crippen MR) is 83.6 cm³/mol. The standard InChI is InChI=1S/C15H21N3OS/c1-4-7-16-14-13(11(2)3)15(18-10-17-14)19-9-12-6-5-8-20-12/h5-6,8,10-11H,4,7,9H2,1-3H3,(H,16,17,18). The number of ether oxygens (including phenoxy) is 1. The number of anilines is 1. The second-order valence-electron chi connectivity index (χ2n) is 4.89. The van der Waals surface area contributed by atoms with Gasteiger partial charge < -0.3 is 10.1 Å². The van der Waals surface area contributed by atoms with Gasteiger partial charge in [-0.15, -0.1) is 11.3 Å². The molecule has 0 saturated heterocycles. The van der Waals surface area contributed by atoms with Gasteiger partial charge in [-0.1, -0.05) is 26.8 Å². The van der Waals surface area contributed by atoms with Crippen molar-refractivity contribution >= 4 is 17.2 Å². The predicted octanol–water partition coefficient (Wildman–Crippen LogP) is 4.06. The van der Waals surface area contributed by atoms with Gasteiger partial charge in [0.15, 0.2) is 0 Å². The van der Waals surface area contributed by atoms with E-state index >= 15 is 0 Å². The fourth-order valence-corrected chi connectivity index (χ4v) is 2.55. The lowest BCUT2D eigenvalue weighted by Crippen LogP contribution is -2.09. The minimum Gasteiger partial charge on any atom is -0.472 e. The van der Waals surface area contributed by atoms with Crippen LogP contribution in [-0.4, -0.2) is 16.5 Å². The van der Waals surface area contributed by atoms with Gasteiger partial charge in [0, 0.05) is 11.4 Å². The first-order valence-electron chi connectivity index (χ1n) is 6.96. The number of thiophene rings is 1. The molecule has 5 heteroatoms. The van der Waals surface area contributed by atoms with E-state index in [4.69, 9.17) is 4.74 Å². The van der Waals surface area contributed by atoms with E-state index in [1.54, 1.807) is 17.7 Å². The molecular formula is C15H21N3OS. The summed E-state index contributed by atoms with van der Waals surface area (Å²) in [4.78, 5) is 9.84. The number of nitrogens with zero attached hydrogens (tertiary/aromatic N) is 2. The minimum absolute atomic E-state index is 0.314. The summed E-state index contributed by atoms with van der Waals surface area (Å²) in [6.45, 7) is 7.86. The van der Waals surface area contributed by atoms with Gasteiger partial charge in [0.2, 0.25) is 5.88 Å². The molecule has 0 radical (unpaired) electrons. The molecule has 0 aliphatic rings. The van der Waals surface area contributed by atoms with Crippen LogP contribution in [0.5, 0.6) is 5.88 Å². The number of nitrogens with one attached hydrogen (secondary N) is 1. The maximum atomic E-state index is 5.88. The van der Waals surface area contributed by atoms with Gasteiger partial charge in [0.05, 0.1) is 5.56 Å². The van der Waals surface area contributed by atoms with E-state index in [9.17, 15) is 0 Å². The van der Waals surface area contributed by atoms with Crippen molar-refractivity contribution in [3.8, 4) is 5.88 Å². The van der Waals surface area contributed by atoms with Gasteiger partial charge in [-0.3, -0.25) is 0 Å². The fraction of sp³-hybridized carbons (Fsp3) is 0.467. The lowest BCUT2D eigenvalue weighted by atomic mass is 10.1. The maximum absolute atomic E-state index is 5.88. The molecule has 4 nitrogen and oxygen atoms in total. The molecular weight excluding hydrogens is 270 g/mol. The van der Waals surface area contributed by atoms with Gasteiger partial charge in [0.25, 0.3) is 0 Å². The Balaban J connectivity index is 2.17. The highest BCUT2D eigenvalue weighted by Gasteiger charge is 2.16.